The third kappa shape index (κ3) is 3.64. The van der Waals surface area contributed by atoms with Crippen LogP contribution in [0.15, 0.2) is 12.4 Å². The van der Waals surface area contributed by atoms with Crippen molar-refractivity contribution in [2.24, 2.45) is 20.0 Å². The highest BCUT2D eigenvalue weighted by Gasteiger charge is 2.24. The summed E-state index contributed by atoms with van der Waals surface area (Å²) < 4.78 is 4.08. The van der Waals surface area contributed by atoms with E-state index in [4.69, 9.17) is 5.10 Å². The number of rotatable bonds is 7. The Labute approximate surface area is 145 Å². The summed E-state index contributed by atoms with van der Waals surface area (Å²) in [7, 11) is 8.21. The largest absolute Gasteiger partial charge is 0.363 e. The summed E-state index contributed by atoms with van der Waals surface area (Å²) in [5.41, 5.74) is 2.44. The summed E-state index contributed by atoms with van der Waals surface area (Å²) in [4.78, 5) is 6.68. The number of imidazole rings is 1. The summed E-state index contributed by atoms with van der Waals surface area (Å²) in [5.74, 6) is 3.08. The molecular weight excluding hydrogens is 300 g/mol. The number of hydrogen-bond donors (Lipinski definition) is 1. The van der Waals surface area contributed by atoms with E-state index in [1.165, 1.54) is 5.56 Å². The van der Waals surface area contributed by atoms with Crippen molar-refractivity contribution in [1.29, 1.82) is 0 Å². The van der Waals surface area contributed by atoms with E-state index in [9.17, 15) is 0 Å². The fourth-order valence-electron chi connectivity index (χ4n) is 3.29. The van der Waals surface area contributed by atoms with Crippen LogP contribution in [0, 0.1) is 5.92 Å². The zero-order valence-corrected chi connectivity index (χ0v) is 16.3. The van der Waals surface area contributed by atoms with Crippen LogP contribution in [-0.4, -0.2) is 33.4 Å². The summed E-state index contributed by atoms with van der Waals surface area (Å²) in [6.45, 7) is 9.64. The summed E-state index contributed by atoms with van der Waals surface area (Å²) in [5, 5.41) is 8.47. The Kier molecular flexibility index (Phi) is 5.70. The van der Waals surface area contributed by atoms with Gasteiger partial charge in [0.1, 0.15) is 11.6 Å². The fraction of sp³-hybridized carbons (Fsp3) is 0.667. The van der Waals surface area contributed by atoms with Crippen LogP contribution in [0.1, 0.15) is 56.7 Å². The maximum atomic E-state index is 4.75. The van der Waals surface area contributed by atoms with Crippen LogP contribution < -0.4 is 10.2 Å². The molecule has 2 aromatic heterocycles. The molecule has 6 nitrogen and oxygen atoms in total. The molecule has 2 rings (SSSR count). The first-order chi connectivity index (χ1) is 11.2. The molecule has 1 atom stereocenters. The molecule has 0 saturated carbocycles. The van der Waals surface area contributed by atoms with Gasteiger partial charge in [-0.3, -0.25) is 4.68 Å². The van der Waals surface area contributed by atoms with Crippen molar-refractivity contribution in [2.45, 2.75) is 46.2 Å². The van der Waals surface area contributed by atoms with E-state index in [1.807, 2.05) is 31.2 Å². The first-order valence-corrected chi connectivity index (χ1v) is 8.67. The van der Waals surface area contributed by atoms with Gasteiger partial charge in [-0.15, -0.1) is 0 Å². The lowest BCUT2D eigenvalue weighted by atomic mass is 10.0. The predicted molar refractivity (Wildman–Crippen MR) is 99.3 cm³/mol. The Bertz CT molecular complexity index is 665. The number of aromatic nitrogens is 4. The molecule has 1 N–H and O–H groups in total. The van der Waals surface area contributed by atoms with Crippen molar-refractivity contribution in [3.05, 3.63) is 29.5 Å². The smallest absolute Gasteiger partial charge is 0.130 e. The standard InChI is InChI=1S/C18H32N6/c1-12(2)15-14(18(22(5)6)24(8)21-15)11-20-16(13(3)4)17-19-9-10-23(17)7/h9-10,12-13,16,20H,11H2,1-8H3. The average Bonchev–Trinajstić information content (AvgIpc) is 3.03. The Hall–Kier alpha value is -1.82. The minimum Gasteiger partial charge on any atom is -0.363 e. The second-order valence-electron chi connectivity index (χ2n) is 7.36. The normalized spacial score (nSPS) is 13.1. The Balaban J connectivity index is 2.31. The number of aryl methyl sites for hydroxylation is 2. The van der Waals surface area contributed by atoms with Crippen LogP contribution in [0.5, 0.6) is 0 Å². The molecule has 0 spiro atoms. The molecular formula is C18H32N6. The van der Waals surface area contributed by atoms with E-state index >= 15 is 0 Å². The molecule has 2 aromatic rings. The van der Waals surface area contributed by atoms with Crippen molar-refractivity contribution < 1.29 is 0 Å². The van der Waals surface area contributed by atoms with Crippen LogP contribution in [0.2, 0.25) is 0 Å². The van der Waals surface area contributed by atoms with E-state index in [1.54, 1.807) is 0 Å². The Morgan fingerprint density at radius 1 is 1.17 bits per heavy atom. The van der Waals surface area contributed by atoms with Gasteiger partial charge in [-0.1, -0.05) is 27.7 Å². The number of hydrogen-bond acceptors (Lipinski definition) is 4. The van der Waals surface area contributed by atoms with E-state index in [2.05, 4.69) is 61.6 Å². The summed E-state index contributed by atoms with van der Waals surface area (Å²) >= 11 is 0. The highest BCUT2D eigenvalue weighted by Crippen LogP contribution is 2.28. The summed E-state index contributed by atoms with van der Waals surface area (Å²) in [6, 6.07) is 0.209. The van der Waals surface area contributed by atoms with Gasteiger partial charge in [-0.2, -0.15) is 5.10 Å². The van der Waals surface area contributed by atoms with Gasteiger partial charge in [-0.05, 0) is 11.8 Å². The second kappa shape index (κ2) is 7.38. The average molecular weight is 332 g/mol. The molecule has 134 valence electrons. The van der Waals surface area contributed by atoms with Gasteiger partial charge in [0.05, 0.1) is 11.7 Å². The molecule has 1 unspecified atom stereocenters. The number of nitrogens with zero attached hydrogens (tertiary/aromatic N) is 5. The third-order valence-electron chi connectivity index (χ3n) is 4.42. The molecule has 0 aromatic carbocycles. The van der Waals surface area contributed by atoms with Crippen LogP contribution in [0.25, 0.3) is 0 Å². The molecule has 0 amide bonds. The van der Waals surface area contributed by atoms with Crippen LogP contribution in [0.3, 0.4) is 0 Å². The lowest BCUT2D eigenvalue weighted by Gasteiger charge is -2.23. The lowest BCUT2D eigenvalue weighted by molar-refractivity contribution is 0.384. The van der Waals surface area contributed by atoms with Crippen LogP contribution >= 0.6 is 0 Å². The molecule has 2 heterocycles. The van der Waals surface area contributed by atoms with Crippen molar-refractivity contribution >= 4 is 5.82 Å². The van der Waals surface area contributed by atoms with Crippen molar-refractivity contribution in [2.75, 3.05) is 19.0 Å². The van der Waals surface area contributed by atoms with Gasteiger partial charge in [-0.25, -0.2) is 4.98 Å². The van der Waals surface area contributed by atoms with Crippen LogP contribution in [0.4, 0.5) is 5.82 Å². The molecule has 0 saturated heterocycles. The maximum Gasteiger partial charge on any atom is 0.130 e. The minimum absolute atomic E-state index is 0.209. The molecule has 0 bridgehead atoms. The van der Waals surface area contributed by atoms with E-state index < -0.39 is 0 Å². The maximum absolute atomic E-state index is 4.75. The fourth-order valence-corrected chi connectivity index (χ4v) is 3.29. The third-order valence-corrected chi connectivity index (χ3v) is 4.42. The highest BCUT2D eigenvalue weighted by atomic mass is 15.4. The molecule has 0 fully saturated rings. The van der Waals surface area contributed by atoms with Crippen molar-refractivity contribution in [3.8, 4) is 0 Å². The molecule has 6 heteroatoms. The quantitative estimate of drug-likeness (QED) is 0.847. The molecule has 24 heavy (non-hydrogen) atoms. The van der Waals surface area contributed by atoms with Crippen molar-refractivity contribution in [1.82, 2.24) is 24.6 Å². The zero-order valence-electron chi connectivity index (χ0n) is 16.3. The Morgan fingerprint density at radius 2 is 1.83 bits per heavy atom. The van der Waals surface area contributed by atoms with Crippen molar-refractivity contribution in [3.63, 3.8) is 0 Å². The Morgan fingerprint density at radius 3 is 2.29 bits per heavy atom. The topological polar surface area (TPSA) is 50.9 Å². The SMILES string of the molecule is CC(C)c1nn(C)c(N(C)C)c1CNC(c1nccn1C)C(C)C. The number of nitrogens with one attached hydrogen (secondary N) is 1. The lowest BCUT2D eigenvalue weighted by Crippen LogP contribution is -2.29. The van der Waals surface area contributed by atoms with Gasteiger partial charge in [0.2, 0.25) is 0 Å². The monoisotopic (exact) mass is 332 g/mol. The van der Waals surface area contributed by atoms with Gasteiger partial charge in [0.15, 0.2) is 0 Å². The zero-order chi connectivity index (χ0) is 18.0. The van der Waals surface area contributed by atoms with E-state index in [0.717, 1.165) is 23.9 Å². The van der Waals surface area contributed by atoms with Gasteiger partial charge in [0.25, 0.3) is 0 Å². The van der Waals surface area contributed by atoms with Gasteiger partial charge < -0.3 is 14.8 Å². The predicted octanol–water partition coefficient (Wildman–Crippen LogP) is 2.83. The first-order valence-electron chi connectivity index (χ1n) is 8.67. The molecule has 0 aliphatic carbocycles. The minimum atomic E-state index is 0.209. The summed E-state index contributed by atoms with van der Waals surface area (Å²) in [6.07, 6.45) is 3.86. The molecule has 0 aliphatic rings. The number of anilines is 1. The first kappa shape index (κ1) is 18.5. The second-order valence-corrected chi connectivity index (χ2v) is 7.36. The molecule has 0 aliphatic heterocycles. The molecule has 0 radical (unpaired) electrons. The van der Waals surface area contributed by atoms with E-state index in [-0.39, 0.29) is 6.04 Å². The van der Waals surface area contributed by atoms with E-state index in [0.29, 0.717) is 11.8 Å². The van der Waals surface area contributed by atoms with Crippen LogP contribution in [-0.2, 0) is 20.6 Å². The van der Waals surface area contributed by atoms with Gasteiger partial charge in [0, 0.05) is 52.7 Å². The highest BCUT2D eigenvalue weighted by molar-refractivity contribution is 5.50. The van der Waals surface area contributed by atoms with Gasteiger partial charge >= 0.3 is 0 Å².